The third kappa shape index (κ3) is 6.61. The lowest BCUT2D eigenvalue weighted by Gasteiger charge is -2.41. The number of piperidine rings is 1. The Hall–Kier alpha value is -2.68. The molecular weight excluding hydrogens is 470 g/mol. The van der Waals surface area contributed by atoms with E-state index in [-0.39, 0.29) is 42.1 Å². The maximum atomic E-state index is 13.8. The monoisotopic (exact) mass is 513 g/mol. The second-order valence-electron chi connectivity index (χ2n) is 11.3. The Morgan fingerprint density at radius 1 is 1.22 bits per heavy atom. The van der Waals surface area contributed by atoms with E-state index in [0.29, 0.717) is 52.0 Å². The van der Waals surface area contributed by atoms with Gasteiger partial charge in [0.05, 0.1) is 12.0 Å². The Morgan fingerprint density at radius 2 is 2.00 bits per heavy atom. The fraction of sp³-hybridized carbons (Fsp3) is 0.714. The number of carbonyl (C=O) groups excluding carboxylic acids is 3. The summed E-state index contributed by atoms with van der Waals surface area (Å²) in [5.41, 5.74) is -0.631. The van der Waals surface area contributed by atoms with E-state index in [0.717, 1.165) is 25.1 Å². The van der Waals surface area contributed by atoms with Gasteiger partial charge in [0.25, 0.3) is 0 Å². The first kappa shape index (κ1) is 27.4. The molecule has 1 spiro atoms. The number of hydrogen-bond donors (Lipinski definition) is 2. The zero-order chi connectivity index (χ0) is 26.4. The maximum Gasteiger partial charge on any atom is 0.242 e. The average Bonchev–Trinajstić information content (AvgIpc) is 3.33. The van der Waals surface area contributed by atoms with Gasteiger partial charge in [0.1, 0.15) is 18.4 Å². The number of rotatable bonds is 5. The standard InChI is InChI=1S/C28H43N5O4/c1-4-24-29-12-15-33(24)18-25(34)32-13-10-28(11-14-32)9-6-5-7-21-19-37-16-8-22(21)30-26(35)23(17-20(2)3)31-27(28)36/h5-6,12,15,20-23H,4,7-11,13-14,16-19H2,1-3H3,(H,30,35)(H,31,36)/b6-5+/t21-,22+,23-/m0/s1. The molecule has 0 aromatic carbocycles. The van der Waals surface area contributed by atoms with Crippen LogP contribution in [-0.4, -0.2) is 70.6 Å². The normalized spacial score (nSPS) is 27.6. The summed E-state index contributed by atoms with van der Waals surface area (Å²) < 4.78 is 7.60. The van der Waals surface area contributed by atoms with E-state index in [9.17, 15) is 14.4 Å². The van der Waals surface area contributed by atoms with E-state index in [2.05, 4.69) is 41.6 Å². The summed E-state index contributed by atoms with van der Waals surface area (Å²) in [6.45, 7) is 8.76. The Kier molecular flexibility index (Phi) is 9.05. The molecule has 9 heteroatoms. The van der Waals surface area contributed by atoms with E-state index in [1.54, 1.807) is 6.20 Å². The highest BCUT2D eigenvalue weighted by molar-refractivity contribution is 5.90. The fourth-order valence-corrected chi connectivity index (χ4v) is 5.85. The summed E-state index contributed by atoms with van der Waals surface area (Å²) in [5.74, 6) is 1.27. The smallest absolute Gasteiger partial charge is 0.242 e. The Balaban J connectivity index is 1.49. The number of likely N-dealkylation sites (tertiary alicyclic amines) is 1. The van der Waals surface area contributed by atoms with Gasteiger partial charge in [-0.25, -0.2) is 4.98 Å². The van der Waals surface area contributed by atoms with Crippen LogP contribution < -0.4 is 10.6 Å². The van der Waals surface area contributed by atoms with Gasteiger partial charge in [-0.05, 0) is 44.4 Å². The van der Waals surface area contributed by atoms with Crippen LogP contribution in [0.1, 0.15) is 65.1 Å². The SMILES string of the molecule is CCc1nccn1CC(=O)N1CCC2(C/C=C/C[C@H]3COCC[C@H]3NC(=O)[C@H](CC(C)C)NC2=O)CC1. The summed E-state index contributed by atoms with van der Waals surface area (Å²) in [7, 11) is 0. The number of amides is 3. The first-order valence-electron chi connectivity index (χ1n) is 13.9. The number of aryl methyl sites for hydroxylation is 1. The minimum Gasteiger partial charge on any atom is -0.381 e. The van der Waals surface area contributed by atoms with E-state index in [4.69, 9.17) is 4.74 Å². The van der Waals surface area contributed by atoms with Crippen molar-refractivity contribution in [2.24, 2.45) is 17.3 Å². The first-order chi connectivity index (χ1) is 17.8. The van der Waals surface area contributed by atoms with Gasteiger partial charge in [0.2, 0.25) is 17.7 Å². The molecule has 4 rings (SSSR count). The third-order valence-corrected chi connectivity index (χ3v) is 8.22. The number of hydrogen-bond acceptors (Lipinski definition) is 5. The number of ether oxygens (including phenoxy) is 1. The Morgan fingerprint density at radius 3 is 2.73 bits per heavy atom. The van der Waals surface area contributed by atoms with Gasteiger partial charge in [-0.2, -0.15) is 0 Å². The molecule has 0 aliphatic carbocycles. The molecule has 9 nitrogen and oxygen atoms in total. The Labute approximate surface area is 220 Å². The van der Waals surface area contributed by atoms with Crippen LogP contribution in [0.5, 0.6) is 0 Å². The molecule has 1 aromatic heterocycles. The van der Waals surface area contributed by atoms with Crippen molar-refractivity contribution in [2.75, 3.05) is 26.3 Å². The lowest BCUT2D eigenvalue weighted by Crippen LogP contribution is -2.57. The van der Waals surface area contributed by atoms with Crippen LogP contribution in [0.25, 0.3) is 0 Å². The molecule has 0 radical (unpaired) electrons. The molecule has 37 heavy (non-hydrogen) atoms. The molecule has 0 saturated carbocycles. The van der Waals surface area contributed by atoms with Crippen molar-refractivity contribution in [1.82, 2.24) is 25.1 Å². The highest BCUT2D eigenvalue weighted by Crippen LogP contribution is 2.37. The predicted octanol–water partition coefficient (Wildman–Crippen LogP) is 2.46. The van der Waals surface area contributed by atoms with Crippen LogP contribution in [0.4, 0.5) is 0 Å². The molecule has 3 aliphatic rings. The van der Waals surface area contributed by atoms with Crippen molar-refractivity contribution in [3.63, 3.8) is 0 Å². The van der Waals surface area contributed by atoms with Crippen LogP contribution in [-0.2, 0) is 32.1 Å². The number of nitrogens with zero attached hydrogens (tertiary/aromatic N) is 3. The summed E-state index contributed by atoms with van der Waals surface area (Å²) in [6.07, 6.45) is 12.6. The maximum absolute atomic E-state index is 13.8. The number of carbonyl (C=O) groups is 3. The van der Waals surface area contributed by atoms with Crippen LogP contribution in [0.3, 0.4) is 0 Å². The molecule has 2 saturated heterocycles. The second kappa shape index (κ2) is 12.2. The van der Waals surface area contributed by atoms with Gasteiger partial charge in [-0.1, -0.05) is 32.9 Å². The Bertz CT molecular complexity index is 979. The summed E-state index contributed by atoms with van der Waals surface area (Å²) >= 11 is 0. The average molecular weight is 514 g/mol. The molecule has 2 fully saturated rings. The van der Waals surface area contributed by atoms with Crippen molar-refractivity contribution in [3.05, 3.63) is 30.4 Å². The molecule has 4 heterocycles. The van der Waals surface area contributed by atoms with Gasteiger partial charge in [-0.3, -0.25) is 14.4 Å². The van der Waals surface area contributed by atoms with Gasteiger partial charge in [-0.15, -0.1) is 0 Å². The molecule has 204 valence electrons. The topological polar surface area (TPSA) is 106 Å². The van der Waals surface area contributed by atoms with Crippen molar-refractivity contribution < 1.29 is 19.1 Å². The fourth-order valence-electron chi connectivity index (χ4n) is 5.85. The molecule has 0 unspecified atom stereocenters. The van der Waals surface area contributed by atoms with Crippen molar-refractivity contribution in [1.29, 1.82) is 0 Å². The molecule has 1 aromatic rings. The molecule has 2 N–H and O–H groups in total. The number of nitrogens with one attached hydrogen (secondary N) is 2. The molecule has 3 amide bonds. The minimum atomic E-state index is -0.631. The molecule has 0 bridgehead atoms. The van der Waals surface area contributed by atoms with Gasteiger partial charge in [0.15, 0.2) is 0 Å². The lowest BCUT2D eigenvalue weighted by molar-refractivity contribution is -0.142. The van der Waals surface area contributed by atoms with E-state index < -0.39 is 11.5 Å². The third-order valence-electron chi connectivity index (χ3n) is 8.22. The number of fused-ring (bicyclic) bond motifs is 1. The highest BCUT2D eigenvalue weighted by Gasteiger charge is 2.43. The van der Waals surface area contributed by atoms with Gasteiger partial charge >= 0.3 is 0 Å². The minimum absolute atomic E-state index is 0.0482. The first-order valence-corrected chi connectivity index (χ1v) is 13.9. The quantitative estimate of drug-likeness (QED) is 0.589. The van der Waals surface area contributed by atoms with Crippen LogP contribution in [0.2, 0.25) is 0 Å². The van der Waals surface area contributed by atoms with Crippen molar-refractivity contribution in [2.45, 2.75) is 84.3 Å². The van der Waals surface area contributed by atoms with E-state index in [1.807, 2.05) is 22.6 Å². The molecular formula is C28H43N5O4. The van der Waals surface area contributed by atoms with E-state index >= 15 is 0 Å². The summed E-state index contributed by atoms with van der Waals surface area (Å²) in [5, 5.41) is 6.36. The van der Waals surface area contributed by atoms with Crippen molar-refractivity contribution in [3.8, 4) is 0 Å². The van der Waals surface area contributed by atoms with Crippen LogP contribution >= 0.6 is 0 Å². The molecule has 3 aliphatic heterocycles. The molecule has 3 atom stereocenters. The zero-order valence-electron chi connectivity index (χ0n) is 22.6. The predicted molar refractivity (Wildman–Crippen MR) is 140 cm³/mol. The van der Waals surface area contributed by atoms with E-state index in [1.165, 1.54) is 0 Å². The van der Waals surface area contributed by atoms with Crippen molar-refractivity contribution >= 4 is 17.7 Å². The number of allylic oxidation sites excluding steroid dienone is 2. The zero-order valence-corrected chi connectivity index (χ0v) is 22.6. The number of imidazole rings is 1. The van der Waals surface area contributed by atoms with Gasteiger partial charge < -0.3 is 24.8 Å². The highest BCUT2D eigenvalue weighted by atomic mass is 16.5. The number of aromatic nitrogens is 2. The van der Waals surface area contributed by atoms with Crippen LogP contribution in [0.15, 0.2) is 24.5 Å². The second-order valence-corrected chi connectivity index (χ2v) is 11.3. The lowest BCUT2D eigenvalue weighted by atomic mass is 9.74. The summed E-state index contributed by atoms with van der Waals surface area (Å²) in [4.78, 5) is 46.3. The van der Waals surface area contributed by atoms with Gasteiger partial charge in [0, 0.05) is 50.5 Å². The summed E-state index contributed by atoms with van der Waals surface area (Å²) in [6, 6.07) is -0.506. The largest absolute Gasteiger partial charge is 0.381 e. The van der Waals surface area contributed by atoms with Crippen LogP contribution in [0, 0.1) is 17.3 Å².